The van der Waals surface area contributed by atoms with Gasteiger partial charge in [-0.25, -0.2) is 0 Å². The van der Waals surface area contributed by atoms with Crippen LogP contribution in [0, 0.1) is 5.92 Å². The molecule has 19 heavy (non-hydrogen) atoms. The molecule has 0 radical (unpaired) electrons. The van der Waals surface area contributed by atoms with Gasteiger partial charge in [0.1, 0.15) is 0 Å². The molecule has 4 heteroatoms. The molecule has 0 aliphatic carbocycles. The van der Waals surface area contributed by atoms with Crippen molar-refractivity contribution in [3.05, 3.63) is 33.3 Å². The molecule has 2 nitrogen and oxygen atoms in total. The quantitative estimate of drug-likeness (QED) is 0.789. The van der Waals surface area contributed by atoms with Crippen molar-refractivity contribution in [3.8, 4) is 0 Å². The maximum Gasteiger partial charge on any atom is 0.0865 e. The van der Waals surface area contributed by atoms with Crippen molar-refractivity contribution in [1.82, 2.24) is 5.32 Å². The first-order chi connectivity index (χ1) is 9.22. The molecule has 1 N–H and O–H groups in total. The summed E-state index contributed by atoms with van der Waals surface area (Å²) in [7, 11) is 0. The third-order valence-electron chi connectivity index (χ3n) is 3.55. The molecule has 1 fully saturated rings. The second-order valence-corrected chi connectivity index (χ2v) is 6.33. The summed E-state index contributed by atoms with van der Waals surface area (Å²) in [6, 6.07) is 6.14. The molecular weight excluding hydrogens is 326 g/mol. The Labute approximate surface area is 129 Å². The summed E-state index contributed by atoms with van der Waals surface area (Å²) < 4.78 is 6.93. The van der Waals surface area contributed by atoms with Crippen molar-refractivity contribution in [2.75, 3.05) is 19.7 Å². The Morgan fingerprint density at radius 3 is 3.05 bits per heavy atom. The van der Waals surface area contributed by atoms with E-state index in [1.165, 1.54) is 18.4 Å². The minimum atomic E-state index is 0.170. The van der Waals surface area contributed by atoms with Crippen molar-refractivity contribution in [2.24, 2.45) is 5.92 Å². The van der Waals surface area contributed by atoms with E-state index in [0.717, 1.165) is 35.6 Å². The molecule has 0 aromatic heterocycles. The van der Waals surface area contributed by atoms with Crippen molar-refractivity contribution in [2.45, 2.75) is 32.3 Å². The minimum Gasteiger partial charge on any atom is -0.373 e. The fourth-order valence-electron chi connectivity index (χ4n) is 2.57. The summed E-state index contributed by atoms with van der Waals surface area (Å²) >= 11 is 9.62. The monoisotopic (exact) mass is 345 g/mol. The lowest BCUT2D eigenvalue weighted by Crippen LogP contribution is -2.32. The van der Waals surface area contributed by atoms with Crippen LogP contribution < -0.4 is 5.32 Å². The largest absolute Gasteiger partial charge is 0.373 e. The van der Waals surface area contributed by atoms with Gasteiger partial charge >= 0.3 is 0 Å². The Morgan fingerprint density at radius 2 is 2.32 bits per heavy atom. The molecule has 0 amide bonds. The van der Waals surface area contributed by atoms with Crippen LogP contribution in [-0.2, 0) is 4.74 Å². The minimum absolute atomic E-state index is 0.170. The molecule has 1 heterocycles. The first-order valence-electron chi connectivity index (χ1n) is 6.99. The van der Waals surface area contributed by atoms with Crippen LogP contribution in [0.25, 0.3) is 0 Å². The number of rotatable bonds is 5. The molecule has 1 aromatic carbocycles. The fraction of sp³-hybridized carbons (Fsp3) is 0.600. The topological polar surface area (TPSA) is 21.3 Å². The highest BCUT2D eigenvalue weighted by Crippen LogP contribution is 2.35. The van der Waals surface area contributed by atoms with Crippen molar-refractivity contribution in [3.63, 3.8) is 0 Å². The first-order valence-corrected chi connectivity index (χ1v) is 8.16. The third kappa shape index (κ3) is 4.19. The van der Waals surface area contributed by atoms with Gasteiger partial charge in [0, 0.05) is 23.5 Å². The molecule has 0 spiro atoms. The summed E-state index contributed by atoms with van der Waals surface area (Å²) in [6.45, 7) is 5.13. The highest BCUT2D eigenvalue weighted by molar-refractivity contribution is 9.10. The van der Waals surface area contributed by atoms with Crippen molar-refractivity contribution < 1.29 is 4.74 Å². The molecule has 1 aliphatic heterocycles. The van der Waals surface area contributed by atoms with Crippen LogP contribution in [0.15, 0.2) is 22.7 Å². The zero-order valence-corrected chi connectivity index (χ0v) is 13.6. The summed E-state index contributed by atoms with van der Waals surface area (Å²) in [6.07, 6.45) is 3.71. The third-order valence-corrected chi connectivity index (χ3v) is 4.78. The molecular formula is C15H21BrClNO. The van der Waals surface area contributed by atoms with Gasteiger partial charge in [-0.1, -0.05) is 24.6 Å². The number of nitrogens with one attached hydrogen (secondary N) is 1. The first kappa shape index (κ1) is 15.3. The molecule has 0 saturated carbocycles. The van der Waals surface area contributed by atoms with Crippen molar-refractivity contribution in [1.29, 1.82) is 0 Å². The van der Waals surface area contributed by atoms with E-state index in [4.69, 9.17) is 16.3 Å². The summed E-state index contributed by atoms with van der Waals surface area (Å²) in [5, 5.41) is 4.26. The van der Waals surface area contributed by atoms with Crippen LogP contribution in [0.5, 0.6) is 0 Å². The molecule has 0 bridgehead atoms. The standard InChI is InChI=1S/C15H21BrClNO/c1-2-7-18-10-12-4-3-8-19-15(12)11-5-6-13(16)14(17)9-11/h5-6,9,12,15,18H,2-4,7-8,10H2,1H3. The molecule has 1 aromatic rings. The molecule has 2 unspecified atom stereocenters. The van der Waals surface area contributed by atoms with E-state index >= 15 is 0 Å². The zero-order chi connectivity index (χ0) is 13.7. The van der Waals surface area contributed by atoms with Gasteiger partial charge in [-0.2, -0.15) is 0 Å². The van der Waals surface area contributed by atoms with Gasteiger partial charge in [0.15, 0.2) is 0 Å². The second-order valence-electron chi connectivity index (χ2n) is 5.07. The van der Waals surface area contributed by atoms with Crippen LogP contribution in [0.1, 0.15) is 37.9 Å². The van der Waals surface area contributed by atoms with Crippen LogP contribution in [0.4, 0.5) is 0 Å². The fourth-order valence-corrected chi connectivity index (χ4v) is 3.01. The molecule has 2 atom stereocenters. The molecule has 1 saturated heterocycles. The summed E-state index contributed by atoms with van der Waals surface area (Å²) in [5.74, 6) is 0.539. The number of hydrogen-bond donors (Lipinski definition) is 1. The van der Waals surface area contributed by atoms with Gasteiger partial charge in [-0.15, -0.1) is 0 Å². The number of benzene rings is 1. The number of halogens is 2. The molecule has 2 rings (SSSR count). The highest BCUT2D eigenvalue weighted by Gasteiger charge is 2.27. The number of hydrogen-bond acceptors (Lipinski definition) is 2. The maximum atomic E-state index is 6.19. The van der Waals surface area contributed by atoms with Crippen molar-refractivity contribution >= 4 is 27.5 Å². The Kier molecular flexibility index (Phi) is 6.14. The van der Waals surface area contributed by atoms with Gasteiger partial charge in [0.05, 0.1) is 11.1 Å². The highest BCUT2D eigenvalue weighted by atomic mass is 79.9. The van der Waals surface area contributed by atoms with E-state index in [2.05, 4.69) is 34.2 Å². The Balaban J connectivity index is 2.07. The van der Waals surface area contributed by atoms with Crippen LogP contribution in [0.3, 0.4) is 0 Å². The van der Waals surface area contributed by atoms with E-state index in [1.807, 2.05) is 12.1 Å². The summed E-state index contributed by atoms with van der Waals surface area (Å²) in [4.78, 5) is 0. The van der Waals surface area contributed by atoms with Crippen LogP contribution in [0.2, 0.25) is 5.02 Å². The van der Waals surface area contributed by atoms with Gasteiger partial charge in [-0.3, -0.25) is 0 Å². The lowest BCUT2D eigenvalue weighted by atomic mass is 9.89. The SMILES string of the molecule is CCCNCC1CCCOC1c1ccc(Br)c(Cl)c1. The predicted octanol–water partition coefficient (Wildman–Crippen LogP) is 4.57. The smallest absolute Gasteiger partial charge is 0.0865 e. The van der Waals surface area contributed by atoms with E-state index < -0.39 is 0 Å². The Morgan fingerprint density at radius 1 is 1.47 bits per heavy atom. The Bertz CT molecular complexity index is 413. The van der Waals surface area contributed by atoms with Crippen LogP contribution >= 0.6 is 27.5 Å². The maximum absolute atomic E-state index is 6.19. The van der Waals surface area contributed by atoms with E-state index in [0.29, 0.717) is 5.92 Å². The summed E-state index contributed by atoms with van der Waals surface area (Å²) in [5.41, 5.74) is 1.19. The lowest BCUT2D eigenvalue weighted by Gasteiger charge is -2.32. The number of ether oxygens (including phenoxy) is 1. The van der Waals surface area contributed by atoms with Gasteiger partial charge in [0.25, 0.3) is 0 Å². The molecule has 1 aliphatic rings. The van der Waals surface area contributed by atoms with Gasteiger partial charge < -0.3 is 10.1 Å². The average Bonchev–Trinajstić information content (AvgIpc) is 2.43. The average molecular weight is 347 g/mol. The second kappa shape index (κ2) is 7.63. The normalized spacial score (nSPS) is 23.5. The molecule has 106 valence electrons. The lowest BCUT2D eigenvalue weighted by molar-refractivity contribution is -0.0277. The predicted molar refractivity (Wildman–Crippen MR) is 83.7 cm³/mol. The Hall–Kier alpha value is -0.0900. The van der Waals surface area contributed by atoms with E-state index in [9.17, 15) is 0 Å². The van der Waals surface area contributed by atoms with Gasteiger partial charge in [-0.05, 0) is 59.4 Å². The van der Waals surface area contributed by atoms with Gasteiger partial charge in [0.2, 0.25) is 0 Å². The zero-order valence-electron chi connectivity index (χ0n) is 11.3. The van der Waals surface area contributed by atoms with E-state index in [-0.39, 0.29) is 6.10 Å². The van der Waals surface area contributed by atoms with Crippen LogP contribution in [-0.4, -0.2) is 19.7 Å². The van der Waals surface area contributed by atoms with E-state index in [1.54, 1.807) is 0 Å².